The van der Waals surface area contributed by atoms with E-state index in [1.54, 1.807) is 0 Å². The number of nitrogens with one attached hydrogen (secondary N) is 1. The van der Waals surface area contributed by atoms with Crippen molar-refractivity contribution in [3.63, 3.8) is 0 Å². The van der Waals surface area contributed by atoms with Gasteiger partial charge in [-0.05, 0) is 40.0 Å². The predicted molar refractivity (Wildman–Crippen MR) is 81.8 cm³/mol. The monoisotopic (exact) mass is 355 g/mol. The molecule has 0 spiro atoms. The Labute approximate surface area is 126 Å². The van der Waals surface area contributed by atoms with Gasteiger partial charge in [0.15, 0.2) is 0 Å². The maximum atomic E-state index is 11.6. The molecule has 3 N–H and O–H groups in total. The van der Waals surface area contributed by atoms with Gasteiger partial charge >= 0.3 is 0 Å². The summed E-state index contributed by atoms with van der Waals surface area (Å²) in [6.07, 6.45) is 1.52. The molecule has 20 heavy (non-hydrogen) atoms. The zero-order chi connectivity index (χ0) is 14.8. The first-order valence-corrected chi connectivity index (χ1v) is 8.18. The topological polar surface area (TPSA) is 85.1 Å². The standard InChI is InChI=1S/C13H14BrN3O2S/c1-9-4-2-3-5-10(9)7-16-13-12(20(15,18)19)6-11(14)8-17-13/h2-6,8H,7H2,1H3,(H,16,17)(H2,15,18,19). The molecule has 106 valence electrons. The van der Waals surface area contributed by atoms with Crippen LogP contribution in [-0.2, 0) is 16.6 Å². The van der Waals surface area contributed by atoms with Gasteiger partial charge in [-0.25, -0.2) is 18.5 Å². The Kier molecular flexibility index (Phi) is 4.42. The molecule has 0 aliphatic heterocycles. The van der Waals surface area contributed by atoms with Crippen molar-refractivity contribution < 1.29 is 8.42 Å². The largest absolute Gasteiger partial charge is 0.365 e. The van der Waals surface area contributed by atoms with Crippen molar-refractivity contribution in [1.82, 2.24) is 4.98 Å². The summed E-state index contributed by atoms with van der Waals surface area (Å²) in [6, 6.07) is 9.28. The molecule has 2 rings (SSSR count). The molecule has 0 aliphatic carbocycles. The summed E-state index contributed by atoms with van der Waals surface area (Å²) >= 11 is 3.19. The van der Waals surface area contributed by atoms with Crippen molar-refractivity contribution >= 4 is 31.8 Å². The van der Waals surface area contributed by atoms with E-state index in [9.17, 15) is 8.42 Å². The number of hydrogen-bond acceptors (Lipinski definition) is 4. The lowest BCUT2D eigenvalue weighted by molar-refractivity contribution is 0.597. The van der Waals surface area contributed by atoms with Crippen molar-refractivity contribution in [2.24, 2.45) is 5.14 Å². The van der Waals surface area contributed by atoms with Crippen LogP contribution in [0.5, 0.6) is 0 Å². The first-order chi connectivity index (χ1) is 9.38. The van der Waals surface area contributed by atoms with E-state index in [-0.39, 0.29) is 10.7 Å². The van der Waals surface area contributed by atoms with Gasteiger partial charge in [0, 0.05) is 17.2 Å². The minimum Gasteiger partial charge on any atom is -0.365 e. The Morgan fingerprint density at radius 1 is 1.35 bits per heavy atom. The fourth-order valence-electron chi connectivity index (χ4n) is 1.76. The van der Waals surface area contributed by atoms with Crippen LogP contribution in [0.2, 0.25) is 0 Å². The molecule has 5 nitrogen and oxygen atoms in total. The van der Waals surface area contributed by atoms with Crippen LogP contribution in [0.4, 0.5) is 5.82 Å². The number of aryl methyl sites for hydroxylation is 1. The molecule has 0 radical (unpaired) electrons. The van der Waals surface area contributed by atoms with E-state index in [0.717, 1.165) is 11.1 Å². The highest BCUT2D eigenvalue weighted by Crippen LogP contribution is 2.22. The number of halogens is 1. The molecule has 0 unspecified atom stereocenters. The number of sulfonamides is 1. The van der Waals surface area contributed by atoms with Crippen LogP contribution in [0.15, 0.2) is 45.9 Å². The second-order valence-corrected chi connectivity index (χ2v) is 6.77. The molecule has 7 heteroatoms. The van der Waals surface area contributed by atoms with E-state index in [2.05, 4.69) is 26.2 Å². The van der Waals surface area contributed by atoms with Crippen molar-refractivity contribution in [3.8, 4) is 0 Å². The van der Waals surface area contributed by atoms with Gasteiger partial charge in [0.25, 0.3) is 0 Å². The lowest BCUT2D eigenvalue weighted by atomic mass is 10.1. The predicted octanol–water partition coefficient (Wildman–Crippen LogP) is 2.41. The second kappa shape index (κ2) is 5.90. The number of anilines is 1. The molecule has 0 saturated heterocycles. The van der Waals surface area contributed by atoms with Crippen LogP contribution in [0.25, 0.3) is 0 Å². The average molecular weight is 356 g/mol. The van der Waals surface area contributed by atoms with E-state index in [1.165, 1.54) is 12.3 Å². The van der Waals surface area contributed by atoms with Crippen LogP contribution < -0.4 is 10.5 Å². The van der Waals surface area contributed by atoms with Gasteiger partial charge < -0.3 is 5.32 Å². The van der Waals surface area contributed by atoms with Gasteiger partial charge in [0.05, 0.1) is 0 Å². The number of nitrogens with zero attached hydrogens (tertiary/aromatic N) is 1. The van der Waals surface area contributed by atoms with Gasteiger partial charge in [0.2, 0.25) is 10.0 Å². The van der Waals surface area contributed by atoms with E-state index in [1.807, 2.05) is 31.2 Å². The molecule has 1 heterocycles. The summed E-state index contributed by atoms with van der Waals surface area (Å²) in [5, 5.41) is 8.21. The number of hydrogen-bond donors (Lipinski definition) is 2. The van der Waals surface area contributed by atoms with Crippen molar-refractivity contribution in [3.05, 3.63) is 52.1 Å². The van der Waals surface area contributed by atoms with Crippen LogP contribution in [-0.4, -0.2) is 13.4 Å². The minimum atomic E-state index is -3.83. The van der Waals surface area contributed by atoms with E-state index in [0.29, 0.717) is 11.0 Å². The van der Waals surface area contributed by atoms with Gasteiger partial charge in [-0.1, -0.05) is 24.3 Å². The number of nitrogens with two attached hydrogens (primary N) is 1. The summed E-state index contributed by atoms with van der Waals surface area (Å²) in [7, 11) is -3.83. The van der Waals surface area contributed by atoms with Gasteiger partial charge in [0.1, 0.15) is 10.7 Å². The molecule has 0 saturated carbocycles. The van der Waals surface area contributed by atoms with E-state index < -0.39 is 10.0 Å². The third kappa shape index (κ3) is 3.56. The highest BCUT2D eigenvalue weighted by atomic mass is 79.9. The average Bonchev–Trinajstić information content (AvgIpc) is 2.38. The first kappa shape index (κ1) is 15.0. The Hall–Kier alpha value is -1.44. The summed E-state index contributed by atoms with van der Waals surface area (Å²) < 4.78 is 23.7. The summed E-state index contributed by atoms with van der Waals surface area (Å²) in [5.41, 5.74) is 2.19. The molecule has 1 aromatic heterocycles. The highest BCUT2D eigenvalue weighted by molar-refractivity contribution is 9.10. The quantitative estimate of drug-likeness (QED) is 0.881. The Balaban J connectivity index is 2.29. The smallest absolute Gasteiger partial charge is 0.241 e. The number of rotatable bonds is 4. The third-order valence-corrected chi connectivity index (χ3v) is 4.19. The molecule has 0 aliphatic rings. The number of primary sulfonamides is 1. The van der Waals surface area contributed by atoms with Crippen LogP contribution in [0, 0.1) is 6.92 Å². The van der Waals surface area contributed by atoms with E-state index >= 15 is 0 Å². The second-order valence-electron chi connectivity index (χ2n) is 4.33. The van der Waals surface area contributed by atoms with Crippen LogP contribution in [0.3, 0.4) is 0 Å². The minimum absolute atomic E-state index is 0.0274. The molecular weight excluding hydrogens is 342 g/mol. The van der Waals surface area contributed by atoms with Gasteiger partial charge in [-0.3, -0.25) is 0 Å². The fraction of sp³-hybridized carbons (Fsp3) is 0.154. The number of aromatic nitrogens is 1. The Morgan fingerprint density at radius 2 is 2.05 bits per heavy atom. The van der Waals surface area contributed by atoms with E-state index in [4.69, 9.17) is 5.14 Å². The molecule has 0 amide bonds. The summed E-state index contributed by atoms with van der Waals surface area (Å²) in [4.78, 5) is 4.04. The van der Waals surface area contributed by atoms with Crippen molar-refractivity contribution in [2.45, 2.75) is 18.4 Å². The number of pyridine rings is 1. The number of benzene rings is 1. The van der Waals surface area contributed by atoms with Crippen molar-refractivity contribution in [1.29, 1.82) is 0 Å². The molecule has 0 bridgehead atoms. The Morgan fingerprint density at radius 3 is 2.70 bits per heavy atom. The third-order valence-electron chi connectivity index (χ3n) is 2.83. The summed E-state index contributed by atoms with van der Waals surface area (Å²) in [5.74, 6) is 0.249. The highest BCUT2D eigenvalue weighted by Gasteiger charge is 2.16. The molecular formula is C13H14BrN3O2S. The van der Waals surface area contributed by atoms with Crippen LogP contribution in [0.1, 0.15) is 11.1 Å². The van der Waals surface area contributed by atoms with Crippen LogP contribution >= 0.6 is 15.9 Å². The first-order valence-electron chi connectivity index (χ1n) is 5.84. The fourth-order valence-corrected chi connectivity index (χ4v) is 2.93. The molecule has 0 atom stereocenters. The van der Waals surface area contributed by atoms with Gasteiger partial charge in [-0.15, -0.1) is 0 Å². The maximum Gasteiger partial charge on any atom is 0.241 e. The lowest BCUT2D eigenvalue weighted by Crippen LogP contribution is -2.16. The normalized spacial score (nSPS) is 11.3. The molecule has 2 aromatic rings. The van der Waals surface area contributed by atoms with Gasteiger partial charge in [-0.2, -0.15) is 0 Å². The zero-order valence-electron chi connectivity index (χ0n) is 10.8. The van der Waals surface area contributed by atoms with Crippen molar-refractivity contribution in [2.75, 3.05) is 5.32 Å². The maximum absolute atomic E-state index is 11.6. The SMILES string of the molecule is Cc1ccccc1CNc1ncc(Br)cc1S(N)(=O)=O. The zero-order valence-corrected chi connectivity index (χ0v) is 13.2. The lowest BCUT2D eigenvalue weighted by Gasteiger charge is -2.11. The summed E-state index contributed by atoms with van der Waals surface area (Å²) in [6.45, 7) is 2.47. The molecule has 0 fully saturated rings. The Bertz CT molecular complexity index is 732. The molecule has 1 aromatic carbocycles.